The molecule has 0 aliphatic carbocycles. The van der Waals surface area contributed by atoms with E-state index in [0.717, 1.165) is 25.7 Å². The van der Waals surface area contributed by atoms with Gasteiger partial charge in [-0.2, -0.15) is 21.6 Å². The van der Waals surface area contributed by atoms with E-state index in [9.17, 15) is 21.6 Å². The standard InChI is InChI=1S/C13H24F3NO3S/c1-3-5-6-7-8-9-10-11(13(14,15)16)12(4-2)17-21(18,19)20/h17H,3-10H2,1-2H3,(H,18,19,20). The molecule has 0 aromatic carbocycles. The topological polar surface area (TPSA) is 66.4 Å². The highest BCUT2D eigenvalue weighted by molar-refractivity contribution is 7.83. The fourth-order valence-electron chi connectivity index (χ4n) is 2.05. The highest BCUT2D eigenvalue weighted by Gasteiger charge is 2.36. The fourth-order valence-corrected chi connectivity index (χ4v) is 2.63. The minimum atomic E-state index is -4.69. The summed E-state index contributed by atoms with van der Waals surface area (Å²) in [5.41, 5.74) is -1.39. The number of allylic oxidation sites excluding steroid dienone is 2. The molecule has 2 N–H and O–H groups in total. The zero-order valence-corrected chi connectivity index (χ0v) is 13.3. The molecular weight excluding hydrogens is 307 g/mol. The van der Waals surface area contributed by atoms with Gasteiger partial charge in [0.2, 0.25) is 0 Å². The maximum absolute atomic E-state index is 13.0. The Labute approximate surface area is 124 Å². The monoisotopic (exact) mass is 331 g/mol. The third-order valence-electron chi connectivity index (χ3n) is 3.09. The van der Waals surface area contributed by atoms with E-state index < -0.39 is 27.8 Å². The van der Waals surface area contributed by atoms with Crippen LogP contribution in [0.4, 0.5) is 13.2 Å². The lowest BCUT2D eigenvalue weighted by Gasteiger charge is -2.17. The molecule has 126 valence electrons. The number of unbranched alkanes of at least 4 members (excludes halogenated alkanes) is 5. The SMILES string of the molecule is CCCCCCCCC(=C(CC)NS(=O)(=O)O)C(F)(F)F. The van der Waals surface area contributed by atoms with Crippen LogP contribution in [0.5, 0.6) is 0 Å². The van der Waals surface area contributed by atoms with Crippen LogP contribution in [0.3, 0.4) is 0 Å². The average molecular weight is 331 g/mol. The number of hydrogen-bond acceptors (Lipinski definition) is 2. The van der Waals surface area contributed by atoms with Crippen LogP contribution < -0.4 is 4.72 Å². The summed E-state index contributed by atoms with van der Waals surface area (Å²) in [7, 11) is -4.69. The van der Waals surface area contributed by atoms with Gasteiger partial charge >= 0.3 is 16.5 Å². The van der Waals surface area contributed by atoms with Crippen molar-refractivity contribution in [2.24, 2.45) is 0 Å². The second kappa shape index (κ2) is 9.30. The molecule has 0 unspecified atom stereocenters. The largest absolute Gasteiger partial charge is 0.414 e. The van der Waals surface area contributed by atoms with Crippen molar-refractivity contribution in [1.82, 2.24) is 4.72 Å². The quantitative estimate of drug-likeness (QED) is 0.462. The van der Waals surface area contributed by atoms with Crippen molar-refractivity contribution in [3.8, 4) is 0 Å². The van der Waals surface area contributed by atoms with Crippen molar-refractivity contribution in [2.45, 2.75) is 71.4 Å². The zero-order chi connectivity index (χ0) is 16.5. The van der Waals surface area contributed by atoms with Crippen LogP contribution in [-0.2, 0) is 10.3 Å². The van der Waals surface area contributed by atoms with E-state index in [1.165, 1.54) is 6.92 Å². The van der Waals surface area contributed by atoms with Crippen LogP contribution in [0.2, 0.25) is 0 Å². The molecule has 0 spiro atoms. The van der Waals surface area contributed by atoms with Gasteiger partial charge < -0.3 is 0 Å². The Bertz CT molecular complexity index is 430. The highest BCUT2D eigenvalue weighted by atomic mass is 32.2. The van der Waals surface area contributed by atoms with Gasteiger partial charge in [0.05, 0.1) is 5.57 Å². The third-order valence-corrected chi connectivity index (χ3v) is 3.60. The lowest BCUT2D eigenvalue weighted by Crippen LogP contribution is -2.27. The minimum Gasteiger partial charge on any atom is -0.269 e. The van der Waals surface area contributed by atoms with Gasteiger partial charge in [-0.1, -0.05) is 46.0 Å². The molecule has 21 heavy (non-hydrogen) atoms. The summed E-state index contributed by atoms with van der Waals surface area (Å²) in [6.45, 7) is 3.46. The summed E-state index contributed by atoms with van der Waals surface area (Å²) >= 11 is 0. The summed E-state index contributed by atoms with van der Waals surface area (Å²) in [6, 6.07) is 0. The summed E-state index contributed by atoms with van der Waals surface area (Å²) in [5.74, 6) is 0. The number of alkyl halides is 3. The lowest BCUT2D eigenvalue weighted by atomic mass is 10.0. The molecule has 8 heteroatoms. The van der Waals surface area contributed by atoms with E-state index in [-0.39, 0.29) is 12.8 Å². The Balaban J connectivity index is 4.78. The molecule has 0 bridgehead atoms. The van der Waals surface area contributed by atoms with Crippen LogP contribution in [-0.4, -0.2) is 19.1 Å². The Morgan fingerprint density at radius 2 is 1.57 bits per heavy atom. The summed E-state index contributed by atoms with van der Waals surface area (Å²) in [4.78, 5) is 0. The van der Waals surface area contributed by atoms with E-state index in [4.69, 9.17) is 4.55 Å². The van der Waals surface area contributed by atoms with Gasteiger partial charge in [0.25, 0.3) is 0 Å². The predicted octanol–water partition coefficient (Wildman–Crippen LogP) is 4.36. The highest BCUT2D eigenvalue weighted by Crippen LogP contribution is 2.32. The van der Waals surface area contributed by atoms with E-state index in [2.05, 4.69) is 6.92 Å². The molecule has 0 aliphatic rings. The summed E-state index contributed by atoms with van der Waals surface area (Å²) in [5, 5.41) is 0. The van der Waals surface area contributed by atoms with Crippen molar-refractivity contribution in [1.29, 1.82) is 0 Å². The lowest BCUT2D eigenvalue weighted by molar-refractivity contribution is -0.0953. The first-order valence-corrected chi connectivity index (χ1v) is 8.60. The summed E-state index contributed by atoms with van der Waals surface area (Å²) in [6.07, 6.45) is -0.00795. The molecule has 0 fully saturated rings. The maximum atomic E-state index is 13.0. The molecular formula is C13H24F3NO3S. The first kappa shape index (κ1) is 20.2. The zero-order valence-electron chi connectivity index (χ0n) is 12.5. The first-order chi connectivity index (χ1) is 9.61. The Morgan fingerprint density at radius 1 is 1.05 bits per heavy atom. The number of halogens is 3. The van der Waals surface area contributed by atoms with Gasteiger partial charge in [0.1, 0.15) is 0 Å². The molecule has 0 atom stereocenters. The Morgan fingerprint density at radius 3 is 2.00 bits per heavy atom. The van der Waals surface area contributed by atoms with Crippen molar-refractivity contribution in [3.05, 3.63) is 11.3 Å². The van der Waals surface area contributed by atoms with Crippen LogP contribution in [0.25, 0.3) is 0 Å². The van der Waals surface area contributed by atoms with Gasteiger partial charge in [-0.05, 0) is 19.3 Å². The van der Waals surface area contributed by atoms with Crippen molar-refractivity contribution < 1.29 is 26.1 Å². The second-order valence-corrected chi connectivity index (χ2v) is 6.06. The normalized spacial score (nSPS) is 14.0. The molecule has 0 saturated heterocycles. The van der Waals surface area contributed by atoms with E-state index >= 15 is 0 Å². The van der Waals surface area contributed by atoms with Crippen molar-refractivity contribution in [3.63, 3.8) is 0 Å². The molecule has 0 amide bonds. The van der Waals surface area contributed by atoms with Gasteiger partial charge in [0.15, 0.2) is 0 Å². The molecule has 4 nitrogen and oxygen atoms in total. The van der Waals surface area contributed by atoms with E-state index in [1.807, 2.05) is 0 Å². The molecule has 0 heterocycles. The molecule has 0 aliphatic heterocycles. The van der Waals surface area contributed by atoms with E-state index in [0.29, 0.717) is 12.8 Å². The maximum Gasteiger partial charge on any atom is 0.414 e. The van der Waals surface area contributed by atoms with Crippen LogP contribution in [0.15, 0.2) is 11.3 Å². The van der Waals surface area contributed by atoms with Gasteiger partial charge in [-0.3, -0.25) is 9.27 Å². The van der Waals surface area contributed by atoms with E-state index in [1.54, 1.807) is 4.72 Å². The van der Waals surface area contributed by atoms with Crippen molar-refractivity contribution >= 4 is 10.3 Å². The average Bonchev–Trinajstić information content (AvgIpc) is 2.33. The Kier molecular flexibility index (Phi) is 8.96. The molecule has 0 aromatic heterocycles. The van der Waals surface area contributed by atoms with Crippen LogP contribution >= 0.6 is 0 Å². The van der Waals surface area contributed by atoms with Gasteiger partial charge in [-0.15, -0.1) is 0 Å². The number of nitrogens with one attached hydrogen (secondary N) is 1. The van der Waals surface area contributed by atoms with Gasteiger partial charge in [-0.25, -0.2) is 0 Å². The van der Waals surface area contributed by atoms with Crippen LogP contribution in [0, 0.1) is 0 Å². The molecule has 0 saturated carbocycles. The Hall–Kier alpha value is -0.760. The molecule has 0 aromatic rings. The summed E-state index contributed by atoms with van der Waals surface area (Å²) < 4.78 is 70.6. The minimum absolute atomic E-state index is 0.148. The molecule has 0 rings (SSSR count). The van der Waals surface area contributed by atoms with Crippen molar-refractivity contribution in [2.75, 3.05) is 0 Å². The fraction of sp³-hybridized carbons (Fsp3) is 0.846. The van der Waals surface area contributed by atoms with Crippen LogP contribution in [0.1, 0.15) is 65.2 Å². The second-order valence-electron chi connectivity index (χ2n) is 4.90. The van der Waals surface area contributed by atoms with Gasteiger partial charge in [0, 0.05) is 5.70 Å². The molecule has 0 radical (unpaired) electrons. The third kappa shape index (κ3) is 9.73. The smallest absolute Gasteiger partial charge is 0.269 e. The first-order valence-electron chi connectivity index (χ1n) is 7.16. The number of hydrogen-bond donors (Lipinski definition) is 2. The number of rotatable bonds is 10. The predicted molar refractivity (Wildman–Crippen MR) is 76.0 cm³/mol.